The van der Waals surface area contributed by atoms with Crippen molar-refractivity contribution >= 4 is 27.5 Å². The van der Waals surface area contributed by atoms with Crippen LogP contribution in [-0.2, 0) is 4.79 Å². The summed E-state index contributed by atoms with van der Waals surface area (Å²) in [7, 11) is 0. The number of nitrogens with one attached hydrogen (secondary N) is 1. The third kappa shape index (κ3) is 2.09. The predicted molar refractivity (Wildman–Crippen MR) is 86.2 cm³/mol. The number of allylic oxidation sites excluding steroid dienone is 1. The normalized spacial score (nSPS) is 18.0. The summed E-state index contributed by atoms with van der Waals surface area (Å²) in [5.74, 6) is -0.719. The average molecular weight is 307 g/mol. The molecule has 0 bridgehead atoms. The highest BCUT2D eigenvalue weighted by molar-refractivity contribution is 6.05. The molecule has 114 valence electrons. The van der Waals surface area contributed by atoms with E-state index in [1.54, 1.807) is 6.07 Å². The van der Waals surface area contributed by atoms with Crippen LogP contribution in [0.25, 0.3) is 21.7 Å². The molecular weight excluding hydrogens is 294 g/mol. The third-order valence-electron chi connectivity index (χ3n) is 4.16. The molecule has 1 aromatic heterocycles. The number of aliphatic hydroxyl groups excluding tert-OH is 1. The molecule has 0 saturated heterocycles. The highest BCUT2D eigenvalue weighted by Gasteiger charge is 2.25. The zero-order valence-corrected chi connectivity index (χ0v) is 12.1. The molecule has 2 aromatic carbocycles. The summed E-state index contributed by atoms with van der Waals surface area (Å²) < 4.78 is 5.61. The maximum Gasteiger partial charge on any atom is 0.201 e. The Morgan fingerprint density at radius 3 is 2.78 bits per heavy atom. The fourth-order valence-corrected chi connectivity index (χ4v) is 2.96. The average Bonchev–Trinajstić information content (AvgIpc) is 2.57. The Labute approximate surface area is 130 Å². The molecule has 3 aromatic rings. The molecule has 2 N–H and O–H groups in total. The second kappa shape index (κ2) is 4.98. The van der Waals surface area contributed by atoms with Gasteiger partial charge >= 0.3 is 0 Å². The summed E-state index contributed by atoms with van der Waals surface area (Å²) in [5, 5.41) is 14.5. The van der Waals surface area contributed by atoms with Gasteiger partial charge in [0.2, 0.25) is 5.78 Å². The molecule has 1 unspecified atom stereocenters. The van der Waals surface area contributed by atoms with Gasteiger partial charge in [0.25, 0.3) is 0 Å². The van der Waals surface area contributed by atoms with Gasteiger partial charge < -0.3 is 14.8 Å². The molecule has 0 fully saturated rings. The number of Topliss-reactive ketones (excluding diaryl/α,β-unsaturated/α-hetero) is 1. The van der Waals surface area contributed by atoms with Crippen LogP contribution in [0.4, 0.5) is 0 Å². The summed E-state index contributed by atoms with van der Waals surface area (Å²) in [5.41, 5.74) is 0.729. The van der Waals surface area contributed by atoms with E-state index in [1.807, 2.05) is 30.3 Å². The van der Waals surface area contributed by atoms with Crippen LogP contribution in [-0.4, -0.2) is 10.9 Å². The van der Waals surface area contributed by atoms with Crippen LogP contribution < -0.4 is 10.7 Å². The zero-order valence-electron chi connectivity index (χ0n) is 12.1. The molecule has 0 amide bonds. The Kier molecular flexibility index (Phi) is 2.94. The number of carbonyl (C=O) groups is 1. The predicted octanol–water partition coefficient (Wildman–Crippen LogP) is 2.95. The monoisotopic (exact) mass is 307 g/mol. The van der Waals surface area contributed by atoms with Crippen molar-refractivity contribution in [3.05, 3.63) is 70.4 Å². The Morgan fingerprint density at radius 1 is 1.13 bits per heavy atom. The van der Waals surface area contributed by atoms with Gasteiger partial charge in [0.15, 0.2) is 11.2 Å². The number of aliphatic hydroxyl groups is 1. The summed E-state index contributed by atoms with van der Waals surface area (Å²) in [4.78, 5) is 24.6. The Bertz CT molecular complexity index is 1030. The fraction of sp³-hybridized carbons (Fsp3) is 0.111. The maximum absolute atomic E-state index is 12.9. The molecule has 1 aliphatic heterocycles. The number of fused-ring (bicyclic) bond motifs is 3. The van der Waals surface area contributed by atoms with E-state index in [-0.39, 0.29) is 17.6 Å². The van der Waals surface area contributed by atoms with Crippen LogP contribution >= 0.6 is 0 Å². The maximum atomic E-state index is 12.9. The lowest BCUT2D eigenvalue weighted by Crippen LogP contribution is -2.30. The van der Waals surface area contributed by atoms with E-state index in [0.717, 1.165) is 10.8 Å². The minimum atomic E-state index is -0.502. The highest BCUT2D eigenvalue weighted by Crippen LogP contribution is 2.26. The lowest BCUT2D eigenvalue weighted by Gasteiger charge is -2.20. The first kappa shape index (κ1) is 13.6. The van der Waals surface area contributed by atoms with Crippen molar-refractivity contribution < 1.29 is 14.3 Å². The van der Waals surface area contributed by atoms with Crippen molar-refractivity contribution in [1.82, 2.24) is 5.32 Å². The molecule has 23 heavy (non-hydrogen) atoms. The Morgan fingerprint density at radius 2 is 1.96 bits per heavy atom. The van der Waals surface area contributed by atoms with Crippen molar-refractivity contribution in [3.63, 3.8) is 0 Å². The van der Waals surface area contributed by atoms with E-state index in [1.165, 1.54) is 12.5 Å². The van der Waals surface area contributed by atoms with Crippen molar-refractivity contribution in [3.8, 4) is 0 Å². The van der Waals surface area contributed by atoms with Crippen LogP contribution in [0.15, 0.2) is 63.8 Å². The number of rotatable bonds is 1. The smallest absolute Gasteiger partial charge is 0.201 e. The lowest BCUT2D eigenvalue weighted by atomic mass is 9.97. The van der Waals surface area contributed by atoms with E-state index in [2.05, 4.69) is 5.32 Å². The summed E-state index contributed by atoms with van der Waals surface area (Å²) in [6.07, 6.45) is 2.63. The summed E-state index contributed by atoms with van der Waals surface area (Å²) >= 11 is 0. The first-order chi connectivity index (χ1) is 11.1. The van der Waals surface area contributed by atoms with Crippen molar-refractivity contribution in [2.45, 2.75) is 12.5 Å². The molecule has 0 radical (unpaired) electrons. The minimum absolute atomic E-state index is 0.0172. The number of hydrogen-bond acceptors (Lipinski definition) is 5. The summed E-state index contributed by atoms with van der Waals surface area (Å²) in [6, 6.07) is 10.8. The number of benzene rings is 2. The Hall–Kier alpha value is -3.08. The quantitative estimate of drug-likeness (QED) is 0.676. The Balaban J connectivity index is 1.96. The molecule has 5 heteroatoms. The number of ketones is 1. The van der Waals surface area contributed by atoms with Gasteiger partial charge in [0.05, 0.1) is 17.0 Å². The molecule has 2 heterocycles. The van der Waals surface area contributed by atoms with Gasteiger partial charge in [-0.15, -0.1) is 0 Å². The lowest BCUT2D eigenvalue weighted by molar-refractivity contribution is -0.119. The molecule has 0 spiro atoms. The summed E-state index contributed by atoms with van der Waals surface area (Å²) in [6.45, 7) is 0. The second-order valence-corrected chi connectivity index (χ2v) is 5.56. The largest absolute Gasteiger partial charge is 0.503 e. The molecular formula is C18H13NO4. The minimum Gasteiger partial charge on any atom is -0.503 e. The van der Waals surface area contributed by atoms with Crippen molar-refractivity contribution in [1.29, 1.82) is 0 Å². The van der Waals surface area contributed by atoms with Crippen LogP contribution in [0.5, 0.6) is 0 Å². The molecule has 5 nitrogen and oxygen atoms in total. The van der Waals surface area contributed by atoms with Crippen LogP contribution in [0.1, 0.15) is 18.0 Å². The van der Waals surface area contributed by atoms with E-state index >= 15 is 0 Å². The van der Waals surface area contributed by atoms with Gasteiger partial charge in [0.1, 0.15) is 11.8 Å². The van der Waals surface area contributed by atoms with Gasteiger partial charge in [0, 0.05) is 12.6 Å². The fourth-order valence-electron chi connectivity index (χ4n) is 2.96. The van der Waals surface area contributed by atoms with E-state index in [0.29, 0.717) is 16.5 Å². The number of carbonyl (C=O) groups excluding carboxylic acids is 1. The molecule has 1 atom stereocenters. The van der Waals surface area contributed by atoms with Crippen LogP contribution in [0.3, 0.4) is 0 Å². The highest BCUT2D eigenvalue weighted by atomic mass is 16.3. The van der Waals surface area contributed by atoms with Gasteiger partial charge in [-0.1, -0.05) is 30.3 Å². The topological polar surface area (TPSA) is 79.5 Å². The molecule has 4 rings (SSSR count). The van der Waals surface area contributed by atoms with E-state index in [4.69, 9.17) is 4.42 Å². The number of hydrogen-bond donors (Lipinski definition) is 2. The van der Waals surface area contributed by atoms with E-state index < -0.39 is 11.8 Å². The van der Waals surface area contributed by atoms with Crippen molar-refractivity contribution in [2.75, 3.05) is 0 Å². The first-order valence-corrected chi connectivity index (χ1v) is 7.26. The third-order valence-corrected chi connectivity index (χ3v) is 4.16. The van der Waals surface area contributed by atoms with Gasteiger partial charge in [-0.3, -0.25) is 9.59 Å². The van der Waals surface area contributed by atoms with Gasteiger partial charge in [-0.05, 0) is 16.8 Å². The van der Waals surface area contributed by atoms with Gasteiger partial charge in [-0.2, -0.15) is 0 Å². The van der Waals surface area contributed by atoms with Crippen LogP contribution in [0, 0.1) is 0 Å². The SMILES string of the molecule is O=C1CC(c2coc3ccc4ccccc4c3c2=O)NC=C1O. The molecule has 0 saturated carbocycles. The zero-order chi connectivity index (χ0) is 16.0. The van der Waals surface area contributed by atoms with E-state index in [9.17, 15) is 14.7 Å². The van der Waals surface area contributed by atoms with Crippen molar-refractivity contribution in [2.24, 2.45) is 0 Å². The second-order valence-electron chi connectivity index (χ2n) is 5.56. The first-order valence-electron chi connectivity index (χ1n) is 7.26. The molecule has 0 aliphatic carbocycles. The standard InChI is InChI=1S/C18H13NO4/c20-14-7-13(19-8-15(14)21)12-9-23-16-6-5-10-3-1-2-4-11(10)17(16)18(12)22/h1-6,8-9,13,19,21H,7H2. The van der Waals surface area contributed by atoms with Gasteiger partial charge in [-0.25, -0.2) is 0 Å². The van der Waals surface area contributed by atoms with Crippen LogP contribution in [0.2, 0.25) is 0 Å². The molecule has 1 aliphatic rings.